The van der Waals surface area contributed by atoms with Gasteiger partial charge in [-0.1, -0.05) is 17.7 Å². The summed E-state index contributed by atoms with van der Waals surface area (Å²) in [5.41, 5.74) is 4.03. The van der Waals surface area contributed by atoms with Gasteiger partial charge in [0.15, 0.2) is 0 Å². The molecule has 2 rings (SSSR count). The van der Waals surface area contributed by atoms with Crippen molar-refractivity contribution >= 4 is 5.69 Å². The smallest absolute Gasteiger partial charge is 0.0724 e. The zero-order valence-electron chi connectivity index (χ0n) is 10.1. The van der Waals surface area contributed by atoms with E-state index in [0.29, 0.717) is 12.5 Å². The molecule has 1 heterocycles. The van der Waals surface area contributed by atoms with Gasteiger partial charge in [-0.05, 0) is 31.9 Å². The molecule has 1 atom stereocenters. The Morgan fingerprint density at radius 2 is 2.25 bits per heavy atom. The Morgan fingerprint density at radius 1 is 1.44 bits per heavy atom. The fourth-order valence-corrected chi connectivity index (χ4v) is 2.48. The SMILES string of the molecule is Cc1ccc(N2CCC(CON)C2)c(C)c1. The molecule has 1 fully saturated rings. The molecule has 0 radical (unpaired) electrons. The quantitative estimate of drug-likeness (QED) is 0.792. The van der Waals surface area contributed by atoms with Gasteiger partial charge in [-0.2, -0.15) is 0 Å². The molecule has 1 saturated heterocycles. The lowest BCUT2D eigenvalue weighted by molar-refractivity contribution is 0.108. The van der Waals surface area contributed by atoms with Crippen molar-refractivity contribution in [2.75, 3.05) is 24.6 Å². The van der Waals surface area contributed by atoms with Crippen LogP contribution in [0.4, 0.5) is 5.69 Å². The minimum absolute atomic E-state index is 0.575. The van der Waals surface area contributed by atoms with Crippen LogP contribution in [-0.4, -0.2) is 19.7 Å². The first-order chi connectivity index (χ1) is 7.70. The number of nitrogens with two attached hydrogens (primary N) is 1. The summed E-state index contributed by atoms with van der Waals surface area (Å²) >= 11 is 0. The second-order valence-electron chi connectivity index (χ2n) is 4.72. The largest absolute Gasteiger partial charge is 0.371 e. The molecule has 16 heavy (non-hydrogen) atoms. The zero-order valence-corrected chi connectivity index (χ0v) is 10.1. The summed E-state index contributed by atoms with van der Waals surface area (Å²) in [6.45, 7) is 7.14. The maximum absolute atomic E-state index is 5.12. The van der Waals surface area contributed by atoms with Gasteiger partial charge in [0.05, 0.1) is 6.61 Å². The van der Waals surface area contributed by atoms with E-state index in [1.54, 1.807) is 0 Å². The Kier molecular flexibility index (Phi) is 3.46. The third kappa shape index (κ3) is 2.36. The second kappa shape index (κ2) is 4.85. The number of hydrogen-bond acceptors (Lipinski definition) is 3. The Labute approximate surface area is 97.1 Å². The second-order valence-corrected chi connectivity index (χ2v) is 4.72. The van der Waals surface area contributed by atoms with Crippen LogP contribution in [0, 0.1) is 19.8 Å². The van der Waals surface area contributed by atoms with Crippen molar-refractivity contribution in [3.05, 3.63) is 29.3 Å². The van der Waals surface area contributed by atoms with Gasteiger partial charge in [0.25, 0.3) is 0 Å². The summed E-state index contributed by atoms with van der Waals surface area (Å²) in [7, 11) is 0. The summed E-state index contributed by atoms with van der Waals surface area (Å²) in [6.07, 6.45) is 1.17. The molecule has 1 aliphatic rings. The van der Waals surface area contributed by atoms with E-state index in [0.717, 1.165) is 13.1 Å². The fraction of sp³-hybridized carbons (Fsp3) is 0.538. The number of rotatable bonds is 3. The maximum Gasteiger partial charge on any atom is 0.0724 e. The van der Waals surface area contributed by atoms with Crippen LogP contribution >= 0.6 is 0 Å². The molecule has 3 nitrogen and oxygen atoms in total. The summed E-state index contributed by atoms with van der Waals surface area (Å²) in [5, 5.41) is 0. The lowest BCUT2D eigenvalue weighted by Gasteiger charge is -2.21. The average molecular weight is 220 g/mol. The number of hydrogen-bond donors (Lipinski definition) is 1. The standard InChI is InChI=1S/C13H20N2O/c1-10-3-4-13(11(2)7-10)15-6-5-12(8-15)9-16-14/h3-4,7,12H,5-6,8-9,14H2,1-2H3. The molecule has 3 heteroatoms. The molecule has 2 N–H and O–H groups in total. The molecule has 0 amide bonds. The van der Waals surface area contributed by atoms with Crippen molar-refractivity contribution in [2.24, 2.45) is 11.8 Å². The Bertz CT molecular complexity index is 365. The van der Waals surface area contributed by atoms with Gasteiger partial charge >= 0.3 is 0 Å². The molecule has 1 aliphatic heterocycles. The van der Waals surface area contributed by atoms with Gasteiger partial charge in [0.1, 0.15) is 0 Å². The fourth-order valence-electron chi connectivity index (χ4n) is 2.48. The van der Waals surface area contributed by atoms with Crippen molar-refractivity contribution in [3.63, 3.8) is 0 Å². The molecule has 0 aromatic heterocycles. The molecular weight excluding hydrogens is 200 g/mol. The van der Waals surface area contributed by atoms with Crippen LogP contribution in [0.15, 0.2) is 18.2 Å². The van der Waals surface area contributed by atoms with Crippen molar-refractivity contribution in [2.45, 2.75) is 20.3 Å². The Morgan fingerprint density at radius 3 is 2.94 bits per heavy atom. The number of benzene rings is 1. The molecule has 1 unspecified atom stereocenters. The van der Waals surface area contributed by atoms with Gasteiger partial charge in [-0.15, -0.1) is 0 Å². The van der Waals surface area contributed by atoms with Gasteiger partial charge < -0.3 is 9.74 Å². The van der Waals surface area contributed by atoms with Crippen molar-refractivity contribution < 1.29 is 4.84 Å². The van der Waals surface area contributed by atoms with Gasteiger partial charge in [0, 0.05) is 24.7 Å². The van der Waals surface area contributed by atoms with E-state index in [1.165, 1.54) is 23.2 Å². The minimum atomic E-state index is 0.575. The lowest BCUT2D eigenvalue weighted by Crippen LogP contribution is -2.22. The number of nitrogens with zero attached hydrogens (tertiary/aromatic N) is 1. The van der Waals surface area contributed by atoms with E-state index >= 15 is 0 Å². The lowest BCUT2D eigenvalue weighted by atomic mass is 10.1. The van der Waals surface area contributed by atoms with Crippen LogP contribution in [-0.2, 0) is 4.84 Å². The van der Waals surface area contributed by atoms with E-state index in [1.807, 2.05) is 0 Å². The molecule has 0 saturated carbocycles. The van der Waals surface area contributed by atoms with Gasteiger partial charge in [-0.25, -0.2) is 5.90 Å². The summed E-state index contributed by atoms with van der Waals surface area (Å²) in [4.78, 5) is 7.16. The molecule has 0 spiro atoms. The molecule has 88 valence electrons. The van der Waals surface area contributed by atoms with Crippen LogP contribution in [0.3, 0.4) is 0 Å². The first kappa shape index (κ1) is 11.4. The van der Waals surface area contributed by atoms with Gasteiger partial charge in [-0.3, -0.25) is 0 Å². The molecule has 0 aliphatic carbocycles. The van der Waals surface area contributed by atoms with Crippen LogP contribution in [0.25, 0.3) is 0 Å². The molecular formula is C13H20N2O. The van der Waals surface area contributed by atoms with Crippen LogP contribution < -0.4 is 10.8 Å². The Hall–Kier alpha value is -1.06. The predicted octanol–water partition coefficient (Wildman–Crippen LogP) is 2.02. The van der Waals surface area contributed by atoms with Crippen LogP contribution in [0.2, 0.25) is 0 Å². The van der Waals surface area contributed by atoms with Crippen molar-refractivity contribution in [3.8, 4) is 0 Å². The van der Waals surface area contributed by atoms with Crippen LogP contribution in [0.1, 0.15) is 17.5 Å². The molecule has 1 aromatic carbocycles. The highest BCUT2D eigenvalue weighted by Crippen LogP contribution is 2.27. The normalized spacial score (nSPS) is 20.4. The van der Waals surface area contributed by atoms with Crippen molar-refractivity contribution in [1.82, 2.24) is 0 Å². The topological polar surface area (TPSA) is 38.5 Å². The third-order valence-electron chi connectivity index (χ3n) is 3.31. The maximum atomic E-state index is 5.12. The highest BCUT2D eigenvalue weighted by molar-refractivity contribution is 5.55. The van der Waals surface area contributed by atoms with E-state index in [4.69, 9.17) is 10.7 Å². The van der Waals surface area contributed by atoms with Gasteiger partial charge in [0.2, 0.25) is 0 Å². The average Bonchev–Trinajstić information content (AvgIpc) is 2.67. The summed E-state index contributed by atoms with van der Waals surface area (Å²) < 4.78 is 0. The van der Waals surface area contributed by atoms with Crippen LogP contribution in [0.5, 0.6) is 0 Å². The Balaban J connectivity index is 2.08. The number of aryl methyl sites for hydroxylation is 2. The monoisotopic (exact) mass is 220 g/mol. The van der Waals surface area contributed by atoms with E-state index in [9.17, 15) is 0 Å². The predicted molar refractivity (Wildman–Crippen MR) is 66.4 cm³/mol. The molecule has 0 bridgehead atoms. The summed E-state index contributed by atoms with van der Waals surface area (Å²) in [6, 6.07) is 6.63. The van der Waals surface area contributed by atoms with E-state index in [-0.39, 0.29) is 0 Å². The molecule has 1 aromatic rings. The van der Waals surface area contributed by atoms with E-state index in [2.05, 4.69) is 36.9 Å². The highest BCUT2D eigenvalue weighted by atomic mass is 16.6. The summed E-state index contributed by atoms with van der Waals surface area (Å²) in [5.74, 6) is 5.70. The first-order valence-corrected chi connectivity index (χ1v) is 5.84. The van der Waals surface area contributed by atoms with E-state index < -0.39 is 0 Å². The zero-order chi connectivity index (χ0) is 11.5. The number of anilines is 1. The third-order valence-corrected chi connectivity index (χ3v) is 3.31. The first-order valence-electron chi connectivity index (χ1n) is 5.84. The van der Waals surface area contributed by atoms with Crippen molar-refractivity contribution in [1.29, 1.82) is 0 Å². The minimum Gasteiger partial charge on any atom is -0.371 e. The highest BCUT2D eigenvalue weighted by Gasteiger charge is 2.23.